The third kappa shape index (κ3) is 4.02. The highest BCUT2D eigenvalue weighted by molar-refractivity contribution is 7.91. The molecule has 5 nitrogen and oxygen atoms in total. The van der Waals surface area contributed by atoms with Gasteiger partial charge in [-0.3, -0.25) is 4.79 Å². The third-order valence-electron chi connectivity index (χ3n) is 4.57. The Morgan fingerprint density at radius 1 is 1.36 bits per heavy atom. The summed E-state index contributed by atoms with van der Waals surface area (Å²) in [6, 6.07) is 7.84. The van der Waals surface area contributed by atoms with Gasteiger partial charge in [-0.25, -0.2) is 8.42 Å². The Hall–Kier alpha value is -1.51. The van der Waals surface area contributed by atoms with E-state index in [0.717, 1.165) is 11.3 Å². The second-order valence-electron chi connectivity index (χ2n) is 6.40. The summed E-state index contributed by atoms with van der Waals surface area (Å²) < 4.78 is 25.8. The fourth-order valence-corrected chi connectivity index (χ4v) is 5.81. The number of aromatic nitrogens is 1. The second-order valence-corrected chi connectivity index (χ2v) is 10.1. The van der Waals surface area contributed by atoms with Gasteiger partial charge in [-0.15, -0.1) is 11.3 Å². The van der Waals surface area contributed by atoms with Gasteiger partial charge >= 0.3 is 0 Å². The van der Waals surface area contributed by atoms with Gasteiger partial charge in [-0.2, -0.15) is 0 Å². The van der Waals surface area contributed by atoms with E-state index in [4.69, 9.17) is 12.2 Å². The monoisotopic (exact) mass is 396 g/mol. The van der Waals surface area contributed by atoms with Crippen LogP contribution in [-0.4, -0.2) is 48.4 Å². The topological polar surface area (TPSA) is 59.4 Å². The lowest BCUT2D eigenvalue weighted by atomic mass is 10.1. The minimum atomic E-state index is -3.02. The Balaban J connectivity index is 1.81. The third-order valence-corrected chi connectivity index (χ3v) is 7.60. The first-order chi connectivity index (χ1) is 11.8. The molecule has 2 aromatic rings. The molecule has 1 unspecified atom stereocenters. The summed E-state index contributed by atoms with van der Waals surface area (Å²) in [5.74, 6) is 0.0848. The van der Waals surface area contributed by atoms with Gasteiger partial charge in [0.1, 0.15) is 6.54 Å². The summed E-state index contributed by atoms with van der Waals surface area (Å²) in [5.41, 5.74) is 3.09. The SMILES string of the molecule is Cc1ccc(-c2csc(=S)n2CC(=O)N(C)C2CCS(=O)(=O)C2)cc1. The molecule has 1 amide bonds. The highest BCUT2D eigenvalue weighted by Crippen LogP contribution is 2.25. The smallest absolute Gasteiger partial charge is 0.242 e. The zero-order valence-electron chi connectivity index (χ0n) is 14.1. The number of rotatable bonds is 4. The normalized spacial score (nSPS) is 19.0. The minimum absolute atomic E-state index is 0.0507. The van der Waals surface area contributed by atoms with Crippen LogP contribution in [-0.2, 0) is 21.2 Å². The molecule has 0 N–H and O–H groups in total. The molecule has 0 radical (unpaired) electrons. The minimum Gasteiger partial charge on any atom is -0.340 e. The van der Waals surface area contributed by atoms with Crippen molar-refractivity contribution in [3.8, 4) is 11.3 Å². The zero-order valence-corrected chi connectivity index (χ0v) is 16.6. The predicted octanol–water partition coefficient (Wildman–Crippen LogP) is 2.90. The van der Waals surface area contributed by atoms with E-state index in [1.54, 1.807) is 11.9 Å². The maximum Gasteiger partial charge on any atom is 0.242 e. The van der Waals surface area contributed by atoms with Crippen molar-refractivity contribution in [1.82, 2.24) is 9.47 Å². The molecule has 3 rings (SSSR count). The number of aryl methyl sites for hydroxylation is 1. The molecule has 2 heterocycles. The number of carbonyl (C=O) groups excluding carboxylic acids is 1. The molecule has 0 bridgehead atoms. The van der Waals surface area contributed by atoms with E-state index in [9.17, 15) is 13.2 Å². The van der Waals surface area contributed by atoms with Gasteiger partial charge in [0.2, 0.25) is 5.91 Å². The number of carbonyl (C=O) groups is 1. The molecule has 1 fully saturated rings. The molecule has 0 saturated carbocycles. The van der Waals surface area contributed by atoms with E-state index >= 15 is 0 Å². The number of hydrogen-bond donors (Lipinski definition) is 0. The van der Waals surface area contributed by atoms with Crippen LogP contribution in [0.2, 0.25) is 0 Å². The van der Waals surface area contributed by atoms with Crippen LogP contribution in [0.5, 0.6) is 0 Å². The van der Waals surface area contributed by atoms with Gasteiger partial charge < -0.3 is 9.47 Å². The molecule has 134 valence electrons. The van der Waals surface area contributed by atoms with Gasteiger partial charge in [-0.1, -0.05) is 29.8 Å². The number of sulfone groups is 1. The van der Waals surface area contributed by atoms with E-state index in [2.05, 4.69) is 0 Å². The first-order valence-electron chi connectivity index (χ1n) is 7.98. The van der Waals surface area contributed by atoms with E-state index in [1.165, 1.54) is 16.9 Å². The fraction of sp³-hybridized carbons (Fsp3) is 0.412. The predicted molar refractivity (Wildman–Crippen MR) is 103 cm³/mol. The number of likely N-dealkylation sites (N-methyl/N-ethyl adjacent to an activating group) is 1. The van der Waals surface area contributed by atoms with Crippen LogP contribution in [0, 0.1) is 10.9 Å². The Morgan fingerprint density at radius 3 is 2.64 bits per heavy atom. The lowest BCUT2D eigenvalue weighted by molar-refractivity contribution is -0.132. The van der Waals surface area contributed by atoms with Crippen LogP contribution in [0.4, 0.5) is 0 Å². The molecule has 1 saturated heterocycles. The van der Waals surface area contributed by atoms with Crippen LogP contribution in [0.15, 0.2) is 29.6 Å². The van der Waals surface area contributed by atoms with Crippen LogP contribution in [0.25, 0.3) is 11.3 Å². The van der Waals surface area contributed by atoms with Crippen molar-refractivity contribution in [1.29, 1.82) is 0 Å². The maximum absolute atomic E-state index is 12.7. The second kappa shape index (κ2) is 7.01. The average molecular weight is 397 g/mol. The molecular formula is C17H20N2O3S3. The molecule has 1 aromatic heterocycles. The number of hydrogen-bond acceptors (Lipinski definition) is 5. The summed E-state index contributed by atoms with van der Waals surface area (Å²) in [6.07, 6.45) is 0.504. The number of nitrogens with zero attached hydrogens (tertiary/aromatic N) is 2. The lowest BCUT2D eigenvalue weighted by Gasteiger charge is -2.24. The zero-order chi connectivity index (χ0) is 18.2. The molecule has 8 heteroatoms. The molecule has 1 aliphatic rings. The van der Waals surface area contributed by atoms with Crippen molar-refractivity contribution < 1.29 is 13.2 Å². The van der Waals surface area contributed by atoms with Crippen LogP contribution >= 0.6 is 23.6 Å². The van der Waals surface area contributed by atoms with Gasteiger partial charge in [0.15, 0.2) is 13.8 Å². The summed E-state index contributed by atoms with van der Waals surface area (Å²) in [5, 5.41) is 1.96. The molecule has 1 aliphatic heterocycles. The number of amides is 1. The molecule has 0 aliphatic carbocycles. The Bertz CT molecular complexity index is 942. The van der Waals surface area contributed by atoms with E-state index in [0.29, 0.717) is 10.4 Å². The van der Waals surface area contributed by atoms with Crippen molar-refractivity contribution in [3.05, 3.63) is 39.2 Å². The summed E-state index contributed by atoms with van der Waals surface area (Å²) in [4.78, 5) is 14.2. The first kappa shape index (κ1) is 18.3. The van der Waals surface area contributed by atoms with Crippen molar-refractivity contribution in [2.75, 3.05) is 18.6 Å². The van der Waals surface area contributed by atoms with Crippen LogP contribution in [0.3, 0.4) is 0 Å². The number of thiazole rings is 1. The van der Waals surface area contributed by atoms with Crippen LogP contribution < -0.4 is 0 Å². The molecule has 1 atom stereocenters. The first-order valence-corrected chi connectivity index (χ1v) is 11.1. The number of benzene rings is 1. The van der Waals surface area contributed by atoms with Crippen molar-refractivity contribution in [3.63, 3.8) is 0 Å². The van der Waals surface area contributed by atoms with Gasteiger partial charge in [0.25, 0.3) is 0 Å². The van der Waals surface area contributed by atoms with E-state index < -0.39 is 9.84 Å². The fourth-order valence-electron chi connectivity index (χ4n) is 2.96. The Morgan fingerprint density at radius 2 is 2.04 bits per heavy atom. The van der Waals surface area contributed by atoms with Crippen molar-refractivity contribution in [2.45, 2.75) is 25.9 Å². The van der Waals surface area contributed by atoms with E-state index in [-0.39, 0.29) is 30.0 Å². The highest BCUT2D eigenvalue weighted by Gasteiger charge is 2.32. The molecular weight excluding hydrogens is 376 g/mol. The van der Waals surface area contributed by atoms with E-state index in [1.807, 2.05) is 41.1 Å². The van der Waals surface area contributed by atoms with Gasteiger partial charge in [0, 0.05) is 18.5 Å². The Labute approximate surface area is 156 Å². The molecule has 25 heavy (non-hydrogen) atoms. The lowest BCUT2D eigenvalue weighted by Crippen LogP contribution is -2.39. The largest absolute Gasteiger partial charge is 0.340 e. The highest BCUT2D eigenvalue weighted by atomic mass is 32.2. The van der Waals surface area contributed by atoms with Crippen molar-refractivity contribution >= 4 is 39.3 Å². The summed E-state index contributed by atoms with van der Waals surface area (Å²) in [7, 11) is -1.34. The van der Waals surface area contributed by atoms with Gasteiger partial charge in [-0.05, 0) is 31.1 Å². The van der Waals surface area contributed by atoms with Crippen LogP contribution in [0.1, 0.15) is 12.0 Å². The maximum atomic E-state index is 12.7. The Kier molecular flexibility index (Phi) is 5.13. The summed E-state index contributed by atoms with van der Waals surface area (Å²) in [6.45, 7) is 2.15. The van der Waals surface area contributed by atoms with Gasteiger partial charge in [0.05, 0.1) is 17.2 Å². The molecule has 0 spiro atoms. The quantitative estimate of drug-likeness (QED) is 0.746. The molecule has 1 aromatic carbocycles. The van der Waals surface area contributed by atoms with Crippen molar-refractivity contribution in [2.24, 2.45) is 0 Å². The standard InChI is InChI=1S/C17H20N2O3S3/c1-12-3-5-13(6-4-12)15-10-24-17(23)19(15)9-16(20)18(2)14-7-8-25(21,22)11-14/h3-6,10,14H,7-9,11H2,1-2H3. The summed E-state index contributed by atoms with van der Waals surface area (Å²) >= 11 is 6.82. The average Bonchev–Trinajstić information content (AvgIpc) is 3.10.